The van der Waals surface area contributed by atoms with E-state index in [1.54, 1.807) is 29.4 Å². The molecule has 0 spiro atoms. The van der Waals surface area contributed by atoms with E-state index in [-0.39, 0.29) is 11.8 Å². The quantitative estimate of drug-likeness (QED) is 0.610. The molecule has 0 unspecified atom stereocenters. The normalized spacial score (nSPS) is 15.2. The Kier molecular flexibility index (Phi) is 6.35. The van der Waals surface area contributed by atoms with Gasteiger partial charge in [-0.05, 0) is 48.1 Å². The van der Waals surface area contributed by atoms with Crippen LogP contribution in [0, 0.1) is 5.41 Å². The number of pyridine rings is 1. The number of piperidine rings is 1. The summed E-state index contributed by atoms with van der Waals surface area (Å²) in [5.74, 6) is 0.145. The molecule has 0 N–H and O–H groups in total. The van der Waals surface area contributed by atoms with Gasteiger partial charge in [-0.2, -0.15) is 0 Å². The van der Waals surface area contributed by atoms with Crippen LogP contribution < -0.4 is 0 Å². The number of likely N-dealkylation sites (tertiary alicyclic amines) is 1. The fourth-order valence-electron chi connectivity index (χ4n) is 4.59. The number of carbonyl (C=O) groups excluding carboxylic acids is 2. The second kappa shape index (κ2) is 9.35. The molecule has 1 aromatic heterocycles. The van der Waals surface area contributed by atoms with Crippen LogP contribution in [0.25, 0.3) is 11.1 Å². The first-order valence-corrected chi connectivity index (χ1v) is 11.0. The summed E-state index contributed by atoms with van der Waals surface area (Å²) in [6, 6.07) is 22.3. The van der Waals surface area contributed by atoms with Crippen LogP contribution in [0.5, 0.6) is 0 Å². The molecule has 0 saturated carbocycles. The molecule has 1 fully saturated rings. The van der Waals surface area contributed by atoms with E-state index >= 15 is 0 Å². The molecule has 0 aliphatic carbocycles. The second-order valence-electron chi connectivity index (χ2n) is 8.75. The highest BCUT2D eigenvalue weighted by atomic mass is 16.2. The zero-order chi connectivity index (χ0) is 22.6. The highest BCUT2D eigenvalue weighted by Gasteiger charge is 2.43. The molecule has 5 nitrogen and oxygen atoms in total. The maximum absolute atomic E-state index is 13.3. The number of benzene rings is 2. The summed E-state index contributed by atoms with van der Waals surface area (Å²) in [5, 5.41) is 0. The molecular formula is C27H29N3O2. The summed E-state index contributed by atoms with van der Waals surface area (Å²) < 4.78 is 0. The molecule has 3 aromatic rings. The summed E-state index contributed by atoms with van der Waals surface area (Å²) in [6.45, 7) is 1.14. The van der Waals surface area contributed by atoms with E-state index in [0.29, 0.717) is 37.9 Å². The minimum absolute atomic E-state index is 0.00511. The standard InChI is InChI=1S/C27H29N3O2/c1-29(2)26(32)27(14-18-30(19-15-27)25(31)24-12-16-28-17-13-24)20-21-8-10-23(11-9-21)22-6-4-3-5-7-22/h3-13,16-17H,14-15,18-20H2,1-2H3. The smallest absolute Gasteiger partial charge is 0.253 e. The van der Waals surface area contributed by atoms with Gasteiger partial charge in [-0.3, -0.25) is 14.6 Å². The molecule has 164 valence electrons. The lowest BCUT2D eigenvalue weighted by molar-refractivity contribution is -0.142. The topological polar surface area (TPSA) is 53.5 Å². The molecule has 5 heteroatoms. The second-order valence-corrected chi connectivity index (χ2v) is 8.75. The first kappa shape index (κ1) is 21.8. The maximum Gasteiger partial charge on any atom is 0.253 e. The Balaban J connectivity index is 1.51. The Morgan fingerprint density at radius 3 is 2.06 bits per heavy atom. The van der Waals surface area contributed by atoms with Gasteiger partial charge in [-0.15, -0.1) is 0 Å². The lowest BCUT2D eigenvalue weighted by atomic mass is 9.72. The number of rotatable bonds is 5. The van der Waals surface area contributed by atoms with Gasteiger partial charge in [0.1, 0.15) is 0 Å². The molecule has 2 amide bonds. The Morgan fingerprint density at radius 1 is 0.875 bits per heavy atom. The first-order chi connectivity index (χ1) is 15.5. The average molecular weight is 428 g/mol. The van der Waals surface area contributed by atoms with Crippen molar-refractivity contribution in [1.82, 2.24) is 14.8 Å². The van der Waals surface area contributed by atoms with E-state index in [1.165, 1.54) is 11.1 Å². The Morgan fingerprint density at radius 2 is 1.47 bits per heavy atom. The van der Waals surface area contributed by atoms with Crippen LogP contribution in [-0.4, -0.2) is 53.8 Å². The van der Waals surface area contributed by atoms with Gasteiger partial charge in [-0.1, -0.05) is 54.6 Å². The maximum atomic E-state index is 13.3. The fraction of sp³-hybridized carbons (Fsp3) is 0.296. The summed E-state index contributed by atoms with van der Waals surface area (Å²) in [5.41, 5.74) is 3.64. The van der Waals surface area contributed by atoms with Gasteiger partial charge in [0.05, 0.1) is 5.41 Å². The van der Waals surface area contributed by atoms with Crippen molar-refractivity contribution in [2.45, 2.75) is 19.3 Å². The van der Waals surface area contributed by atoms with Crippen molar-refractivity contribution in [3.05, 3.63) is 90.3 Å². The van der Waals surface area contributed by atoms with Crippen LogP contribution in [0.4, 0.5) is 0 Å². The predicted molar refractivity (Wildman–Crippen MR) is 126 cm³/mol. The van der Waals surface area contributed by atoms with Crippen LogP contribution in [-0.2, 0) is 11.2 Å². The van der Waals surface area contributed by atoms with Crippen LogP contribution in [0.3, 0.4) is 0 Å². The molecule has 0 radical (unpaired) electrons. The monoisotopic (exact) mass is 427 g/mol. The van der Waals surface area contributed by atoms with Crippen LogP contribution in [0.2, 0.25) is 0 Å². The number of nitrogens with zero attached hydrogens (tertiary/aromatic N) is 3. The molecule has 4 rings (SSSR count). The van der Waals surface area contributed by atoms with E-state index in [9.17, 15) is 9.59 Å². The number of aromatic nitrogens is 1. The number of hydrogen-bond acceptors (Lipinski definition) is 3. The Labute approximate surface area is 189 Å². The summed E-state index contributed by atoms with van der Waals surface area (Å²) in [4.78, 5) is 33.7. The number of carbonyl (C=O) groups is 2. The minimum atomic E-state index is -0.493. The first-order valence-electron chi connectivity index (χ1n) is 11.0. The molecule has 1 aliphatic rings. The predicted octanol–water partition coefficient (Wildman–Crippen LogP) is 4.30. The molecular weight excluding hydrogens is 398 g/mol. The van der Waals surface area contributed by atoms with Gasteiger partial charge in [0.15, 0.2) is 0 Å². The summed E-state index contributed by atoms with van der Waals surface area (Å²) in [7, 11) is 3.63. The minimum Gasteiger partial charge on any atom is -0.348 e. The highest BCUT2D eigenvalue weighted by molar-refractivity contribution is 5.94. The molecule has 32 heavy (non-hydrogen) atoms. The van der Waals surface area contributed by atoms with Gasteiger partial charge >= 0.3 is 0 Å². The van der Waals surface area contributed by atoms with Crippen molar-refractivity contribution in [3.8, 4) is 11.1 Å². The summed E-state index contributed by atoms with van der Waals surface area (Å²) >= 11 is 0. The van der Waals surface area contributed by atoms with Gasteiger partial charge < -0.3 is 9.80 Å². The van der Waals surface area contributed by atoms with Crippen molar-refractivity contribution in [2.75, 3.05) is 27.2 Å². The van der Waals surface area contributed by atoms with E-state index in [1.807, 2.05) is 37.2 Å². The third-order valence-electron chi connectivity index (χ3n) is 6.40. The lowest BCUT2D eigenvalue weighted by Crippen LogP contribution is -2.51. The third kappa shape index (κ3) is 4.57. The SMILES string of the molecule is CN(C)C(=O)C1(Cc2ccc(-c3ccccc3)cc2)CCN(C(=O)c2ccncc2)CC1. The average Bonchev–Trinajstić information content (AvgIpc) is 2.85. The van der Waals surface area contributed by atoms with Crippen molar-refractivity contribution in [2.24, 2.45) is 5.41 Å². The Hall–Kier alpha value is -3.47. The summed E-state index contributed by atoms with van der Waals surface area (Å²) in [6.07, 6.45) is 5.26. The van der Waals surface area contributed by atoms with Crippen molar-refractivity contribution in [1.29, 1.82) is 0 Å². The van der Waals surface area contributed by atoms with Crippen LogP contribution in [0.15, 0.2) is 79.1 Å². The molecule has 2 heterocycles. The third-order valence-corrected chi connectivity index (χ3v) is 6.40. The highest BCUT2D eigenvalue weighted by Crippen LogP contribution is 2.37. The molecule has 1 saturated heterocycles. The van der Waals surface area contributed by atoms with E-state index < -0.39 is 5.41 Å². The van der Waals surface area contributed by atoms with E-state index in [4.69, 9.17) is 0 Å². The van der Waals surface area contributed by atoms with Crippen molar-refractivity contribution in [3.63, 3.8) is 0 Å². The van der Waals surface area contributed by atoms with Gasteiger partial charge in [-0.25, -0.2) is 0 Å². The van der Waals surface area contributed by atoms with Crippen molar-refractivity contribution < 1.29 is 9.59 Å². The molecule has 1 aliphatic heterocycles. The molecule has 2 aromatic carbocycles. The van der Waals surface area contributed by atoms with Crippen molar-refractivity contribution >= 4 is 11.8 Å². The zero-order valence-corrected chi connectivity index (χ0v) is 18.7. The van der Waals surface area contributed by atoms with E-state index in [0.717, 1.165) is 5.56 Å². The number of amides is 2. The van der Waals surface area contributed by atoms with Crippen LogP contribution >= 0.6 is 0 Å². The molecule has 0 bridgehead atoms. The number of hydrogen-bond donors (Lipinski definition) is 0. The van der Waals surface area contributed by atoms with Gasteiger partial charge in [0, 0.05) is 45.1 Å². The molecule has 0 atom stereocenters. The van der Waals surface area contributed by atoms with E-state index in [2.05, 4.69) is 41.4 Å². The van der Waals surface area contributed by atoms with Gasteiger partial charge in [0.2, 0.25) is 5.91 Å². The fourth-order valence-corrected chi connectivity index (χ4v) is 4.59. The van der Waals surface area contributed by atoms with Crippen LogP contribution in [0.1, 0.15) is 28.8 Å². The van der Waals surface area contributed by atoms with Gasteiger partial charge in [0.25, 0.3) is 5.91 Å². The largest absolute Gasteiger partial charge is 0.348 e. The Bertz CT molecular complexity index is 1060. The zero-order valence-electron chi connectivity index (χ0n) is 18.7. The lowest BCUT2D eigenvalue weighted by Gasteiger charge is -2.42.